The Hall–Kier alpha value is -1.45. The summed E-state index contributed by atoms with van der Waals surface area (Å²) >= 11 is 0. The largest absolute Gasteiger partial charge is 0.355 e. The Kier molecular flexibility index (Phi) is 2.95. The maximum absolute atomic E-state index is 13.2. The van der Waals surface area contributed by atoms with Crippen LogP contribution in [0.15, 0.2) is 12.3 Å². The van der Waals surface area contributed by atoms with Gasteiger partial charge >= 0.3 is 0 Å². The van der Waals surface area contributed by atoms with Crippen LogP contribution in [0.5, 0.6) is 0 Å². The van der Waals surface area contributed by atoms with Crippen molar-refractivity contribution in [1.82, 2.24) is 10.3 Å². The van der Waals surface area contributed by atoms with Gasteiger partial charge in [-0.1, -0.05) is 6.92 Å². The minimum absolute atomic E-state index is 0.0142. The van der Waals surface area contributed by atoms with Gasteiger partial charge in [-0.2, -0.15) is 0 Å². The molecule has 0 aliphatic rings. The SMILES string of the molecule is CCc1cc(F)c(C(=O)NC)cn1. The zero-order valence-corrected chi connectivity index (χ0v) is 7.60. The summed E-state index contributed by atoms with van der Waals surface area (Å²) in [5.41, 5.74) is 0.629. The third-order valence-electron chi connectivity index (χ3n) is 1.74. The van der Waals surface area contributed by atoms with Crippen LogP contribution in [0.1, 0.15) is 23.0 Å². The summed E-state index contributed by atoms with van der Waals surface area (Å²) in [6.07, 6.45) is 1.91. The fourth-order valence-corrected chi connectivity index (χ4v) is 0.966. The number of aryl methyl sites for hydroxylation is 1. The van der Waals surface area contributed by atoms with Gasteiger partial charge in [0.25, 0.3) is 5.91 Å². The van der Waals surface area contributed by atoms with E-state index in [4.69, 9.17) is 0 Å². The Bertz CT molecular complexity index is 325. The number of hydrogen-bond donors (Lipinski definition) is 1. The Labute approximate surface area is 76.0 Å². The van der Waals surface area contributed by atoms with Crippen molar-refractivity contribution in [1.29, 1.82) is 0 Å². The molecule has 0 saturated heterocycles. The molecule has 1 amide bonds. The molecular formula is C9H11FN2O. The van der Waals surface area contributed by atoms with Crippen molar-refractivity contribution >= 4 is 5.91 Å². The fraction of sp³-hybridized carbons (Fsp3) is 0.333. The van der Waals surface area contributed by atoms with Crippen LogP contribution in [0, 0.1) is 5.82 Å². The van der Waals surface area contributed by atoms with Crippen molar-refractivity contribution < 1.29 is 9.18 Å². The summed E-state index contributed by atoms with van der Waals surface area (Å²) in [5, 5.41) is 2.34. The maximum atomic E-state index is 13.2. The van der Waals surface area contributed by atoms with Crippen LogP contribution < -0.4 is 5.32 Å². The van der Waals surface area contributed by atoms with Gasteiger partial charge in [-0.3, -0.25) is 9.78 Å². The number of hydrogen-bond acceptors (Lipinski definition) is 2. The number of aromatic nitrogens is 1. The van der Waals surface area contributed by atoms with Gasteiger partial charge in [-0.25, -0.2) is 4.39 Å². The van der Waals surface area contributed by atoms with Gasteiger partial charge in [0.05, 0.1) is 5.56 Å². The molecule has 0 spiro atoms. The molecule has 0 fully saturated rings. The first kappa shape index (κ1) is 9.64. The molecule has 1 heterocycles. The number of nitrogens with zero attached hydrogens (tertiary/aromatic N) is 1. The first-order chi connectivity index (χ1) is 6.19. The molecule has 0 aliphatic heterocycles. The Morgan fingerprint density at radius 2 is 2.38 bits per heavy atom. The van der Waals surface area contributed by atoms with Gasteiger partial charge in [0, 0.05) is 18.9 Å². The van der Waals surface area contributed by atoms with E-state index >= 15 is 0 Å². The van der Waals surface area contributed by atoms with E-state index in [9.17, 15) is 9.18 Å². The van der Waals surface area contributed by atoms with Gasteiger partial charge < -0.3 is 5.32 Å². The molecule has 1 aromatic heterocycles. The van der Waals surface area contributed by atoms with Gasteiger partial charge in [-0.15, -0.1) is 0 Å². The van der Waals surface area contributed by atoms with Crippen molar-refractivity contribution in [2.45, 2.75) is 13.3 Å². The molecule has 0 saturated carbocycles. The molecule has 70 valence electrons. The predicted octanol–water partition coefficient (Wildman–Crippen LogP) is 1.14. The molecule has 3 nitrogen and oxygen atoms in total. The molecule has 0 aromatic carbocycles. The van der Waals surface area contributed by atoms with E-state index in [1.165, 1.54) is 19.3 Å². The third-order valence-corrected chi connectivity index (χ3v) is 1.74. The zero-order chi connectivity index (χ0) is 9.84. The summed E-state index contributed by atoms with van der Waals surface area (Å²) in [7, 11) is 1.45. The molecular weight excluding hydrogens is 171 g/mol. The third kappa shape index (κ3) is 2.02. The molecule has 1 N–H and O–H groups in total. The number of carbonyl (C=O) groups is 1. The minimum atomic E-state index is -0.522. The lowest BCUT2D eigenvalue weighted by Gasteiger charge is -2.02. The number of carbonyl (C=O) groups excluding carboxylic acids is 1. The second kappa shape index (κ2) is 3.98. The van der Waals surface area contributed by atoms with Gasteiger partial charge in [0.15, 0.2) is 0 Å². The highest BCUT2D eigenvalue weighted by Crippen LogP contribution is 2.07. The predicted molar refractivity (Wildman–Crippen MR) is 47.0 cm³/mol. The molecule has 1 rings (SSSR count). The normalized spacial score (nSPS) is 9.77. The number of nitrogens with one attached hydrogen (secondary N) is 1. The molecule has 0 unspecified atom stereocenters. The Morgan fingerprint density at radius 1 is 1.69 bits per heavy atom. The monoisotopic (exact) mass is 182 g/mol. The second-order valence-corrected chi connectivity index (χ2v) is 2.59. The average molecular weight is 182 g/mol. The van der Waals surface area contributed by atoms with E-state index < -0.39 is 11.7 Å². The van der Waals surface area contributed by atoms with Crippen LogP contribution in [0.25, 0.3) is 0 Å². The van der Waals surface area contributed by atoms with E-state index in [1.807, 2.05) is 6.92 Å². The highest BCUT2D eigenvalue weighted by molar-refractivity contribution is 5.93. The lowest BCUT2D eigenvalue weighted by atomic mass is 10.2. The smallest absolute Gasteiger partial charge is 0.255 e. The van der Waals surface area contributed by atoms with E-state index in [0.29, 0.717) is 12.1 Å². The zero-order valence-electron chi connectivity index (χ0n) is 7.60. The summed E-state index contributed by atoms with van der Waals surface area (Å²) in [6, 6.07) is 1.28. The summed E-state index contributed by atoms with van der Waals surface area (Å²) in [6.45, 7) is 1.88. The molecule has 13 heavy (non-hydrogen) atoms. The summed E-state index contributed by atoms with van der Waals surface area (Å²) in [4.78, 5) is 15.0. The van der Waals surface area contributed by atoms with Crippen LogP contribution in [0.3, 0.4) is 0 Å². The lowest BCUT2D eigenvalue weighted by molar-refractivity contribution is 0.0958. The first-order valence-electron chi connectivity index (χ1n) is 4.05. The van der Waals surface area contributed by atoms with Crippen molar-refractivity contribution in [3.8, 4) is 0 Å². The Morgan fingerprint density at radius 3 is 2.85 bits per heavy atom. The molecule has 0 atom stereocenters. The van der Waals surface area contributed by atoms with E-state index in [1.54, 1.807) is 0 Å². The van der Waals surface area contributed by atoms with Crippen molar-refractivity contribution in [2.24, 2.45) is 0 Å². The van der Waals surface area contributed by atoms with E-state index in [2.05, 4.69) is 10.3 Å². The van der Waals surface area contributed by atoms with Crippen LogP contribution in [0.4, 0.5) is 4.39 Å². The fourth-order valence-electron chi connectivity index (χ4n) is 0.966. The average Bonchev–Trinajstić information content (AvgIpc) is 2.16. The number of halogens is 1. The van der Waals surface area contributed by atoms with E-state index in [-0.39, 0.29) is 5.56 Å². The quantitative estimate of drug-likeness (QED) is 0.745. The number of amides is 1. The van der Waals surface area contributed by atoms with Gasteiger partial charge in [0.2, 0.25) is 0 Å². The van der Waals surface area contributed by atoms with Crippen LogP contribution in [-0.2, 0) is 6.42 Å². The van der Waals surface area contributed by atoms with Gasteiger partial charge in [-0.05, 0) is 12.5 Å². The first-order valence-corrected chi connectivity index (χ1v) is 4.05. The minimum Gasteiger partial charge on any atom is -0.355 e. The topological polar surface area (TPSA) is 42.0 Å². The number of pyridine rings is 1. The van der Waals surface area contributed by atoms with Gasteiger partial charge in [0.1, 0.15) is 5.82 Å². The van der Waals surface area contributed by atoms with Crippen LogP contribution in [-0.4, -0.2) is 17.9 Å². The van der Waals surface area contributed by atoms with Crippen molar-refractivity contribution in [3.05, 3.63) is 29.3 Å². The molecule has 0 radical (unpaired) electrons. The number of rotatable bonds is 2. The molecule has 4 heteroatoms. The van der Waals surface area contributed by atoms with Crippen molar-refractivity contribution in [2.75, 3.05) is 7.05 Å². The van der Waals surface area contributed by atoms with Crippen LogP contribution >= 0.6 is 0 Å². The molecule has 0 bridgehead atoms. The maximum Gasteiger partial charge on any atom is 0.255 e. The summed E-state index contributed by atoms with van der Waals surface area (Å²) < 4.78 is 13.2. The van der Waals surface area contributed by atoms with E-state index in [0.717, 1.165) is 0 Å². The molecule has 1 aromatic rings. The van der Waals surface area contributed by atoms with Crippen LogP contribution in [0.2, 0.25) is 0 Å². The highest BCUT2D eigenvalue weighted by atomic mass is 19.1. The standard InChI is InChI=1S/C9H11FN2O/c1-3-6-4-8(10)7(5-12-6)9(13)11-2/h4-5H,3H2,1-2H3,(H,11,13). The Balaban J connectivity index is 3.05. The molecule has 0 aliphatic carbocycles. The van der Waals surface area contributed by atoms with Crippen molar-refractivity contribution in [3.63, 3.8) is 0 Å². The second-order valence-electron chi connectivity index (χ2n) is 2.59. The summed E-state index contributed by atoms with van der Waals surface area (Å²) in [5.74, 6) is -0.973. The lowest BCUT2D eigenvalue weighted by Crippen LogP contribution is -2.19. The highest BCUT2D eigenvalue weighted by Gasteiger charge is 2.10.